The second-order valence-electron chi connectivity index (χ2n) is 3.14. The molecule has 0 radical (unpaired) electrons. The van der Waals surface area contributed by atoms with Gasteiger partial charge in [0.15, 0.2) is 0 Å². The first-order valence-electron chi connectivity index (χ1n) is 4.43. The Bertz CT molecular complexity index is 201. The monoisotopic (exact) mass is 256 g/mol. The molecule has 0 saturated carbocycles. The summed E-state index contributed by atoms with van der Waals surface area (Å²) in [6, 6.07) is 0. The average Bonchev–Trinajstić information content (AvgIpc) is 1.95. The Hall–Kier alpha value is 0.429. The SMILES string of the molecule is CCCCC(CC)CS(=O)(=O)[O-].[Cu+]. The van der Waals surface area contributed by atoms with Crippen molar-refractivity contribution in [3.05, 3.63) is 0 Å². The second-order valence-corrected chi connectivity index (χ2v) is 4.59. The summed E-state index contributed by atoms with van der Waals surface area (Å²) in [6.45, 7) is 3.98. The fraction of sp³-hybridized carbons (Fsp3) is 1.00. The van der Waals surface area contributed by atoms with Gasteiger partial charge in [-0.05, 0) is 12.3 Å². The summed E-state index contributed by atoms with van der Waals surface area (Å²) in [5.74, 6) is -0.129. The van der Waals surface area contributed by atoms with E-state index < -0.39 is 10.1 Å². The molecular weight excluding hydrogens is 240 g/mol. The van der Waals surface area contributed by atoms with Crippen molar-refractivity contribution in [2.45, 2.75) is 39.5 Å². The van der Waals surface area contributed by atoms with E-state index in [-0.39, 0.29) is 28.7 Å². The maximum Gasteiger partial charge on any atom is 1.00 e. The van der Waals surface area contributed by atoms with Crippen molar-refractivity contribution in [3.63, 3.8) is 0 Å². The van der Waals surface area contributed by atoms with Crippen LogP contribution in [0.1, 0.15) is 39.5 Å². The number of hydrogen-bond donors (Lipinski definition) is 0. The van der Waals surface area contributed by atoms with E-state index in [1.54, 1.807) is 0 Å². The zero-order valence-corrected chi connectivity index (χ0v) is 9.81. The second kappa shape index (κ2) is 7.80. The molecule has 3 nitrogen and oxygen atoms in total. The van der Waals surface area contributed by atoms with E-state index in [1.807, 2.05) is 6.92 Å². The summed E-state index contributed by atoms with van der Waals surface area (Å²) in [5, 5.41) is 0. The molecule has 0 heterocycles. The molecule has 84 valence electrons. The Morgan fingerprint density at radius 1 is 1.31 bits per heavy atom. The molecule has 0 N–H and O–H groups in total. The Kier molecular flexibility index (Phi) is 9.53. The van der Waals surface area contributed by atoms with Crippen molar-refractivity contribution in [1.82, 2.24) is 0 Å². The molecule has 0 aromatic heterocycles. The van der Waals surface area contributed by atoms with Crippen LogP contribution in [0.4, 0.5) is 0 Å². The van der Waals surface area contributed by atoms with Gasteiger partial charge in [-0.1, -0.05) is 33.1 Å². The summed E-state index contributed by atoms with van der Waals surface area (Å²) in [6.07, 6.45) is 3.69. The van der Waals surface area contributed by atoms with Gasteiger partial charge in [0, 0.05) is 5.75 Å². The first kappa shape index (κ1) is 15.9. The van der Waals surface area contributed by atoms with Crippen LogP contribution in [0.3, 0.4) is 0 Å². The molecule has 0 aliphatic carbocycles. The van der Waals surface area contributed by atoms with Gasteiger partial charge in [-0.3, -0.25) is 0 Å². The summed E-state index contributed by atoms with van der Waals surface area (Å²) in [4.78, 5) is 0. The zero-order valence-electron chi connectivity index (χ0n) is 8.05. The normalized spacial score (nSPS) is 13.5. The van der Waals surface area contributed by atoms with Crippen LogP contribution >= 0.6 is 0 Å². The Morgan fingerprint density at radius 3 is 2.15 bits per heavy atom. The first-order valence-corrected chi connectivity index (χ1v) is 6.00. The molecule has 13 heavy (non-hydrogen) atoms. The van der Waals surface area contributed by atoms with E-state index in [0.29, 0.717) is 0 Å². The van der Waals surface area contributed by atoms with Gasteiger partial charge in [-0.2, -0.15) is 0 Å². The summed E-state index contributed by atoms with van der Waals surface area (Å²) in [5.41, 5.74) is 0. The van der Waals surface area contributed by atoms with Gasteiger partial charge >= 0.3 is 17.1 Å². The van der Waals surface area contributed by atoms with Crippen LogP contribution in [0.25, 0.3) is 0 Å². The van der Waals surface area contributed by atoms with Crippen molar-refractivity contribution < 1.29 is 30.0 Å². The van der Waals surface area contributed by atoms with Crippen molar-refractivity contribution in [2.24, 2.45) is 5.92 Å². The van der Waals surface area contributed by atoms with Crippen LogP contribution in [0.15, 0.2) is 0 Å². The fourth-order valence-corrected chi connectivity index (χ4v) is 2.17. The number of hydrogen-bond acceptors (Lipinski definition) is 3. The van der Waals surface area contributed by atoms with Crippen LogP contribution in [0.2, 0.25) is 0 Å². The Morgan fingerprint density at radius 2 is 1.85 bits per heavy atom. The fourth-order valence-electron chi connectivity index (χ4n) is 1.19. The van der Waals surface area contributed by atoms with Crippen LogP contribution in [-0.4, -0.2) is 18.7 Å². The average molecular weight is 257 g/mol. The van der Waals surface area contributed by atoms with E-state index in [4.69, 9.17) is 0 Å². The van der Waals surface area contributed by atoms with Gasteiger partial charge in [-0.15, -0.1) is 0 Å². The van der Waals surface area contributed by atoms with Crippen LogP contribution in [0, 0.1) is 5.92 Å². The first-order chi connectivity index (χ1) is 5.49. The molecule has 0 bridgehead atoms. The smallest absolute Gasteiger partial charge is 0.748 e. The molecule has 0 aromatic rings. The van der Waals surface area contributed by atoms with Gasteiger partial charge in [-0.25, -0.2) is 8.42 Å². The molecule has 1 atom stereocenters. The summed E-state index contributed by atoms with van der Waals surface area (Å²) >= 11 is 0. The van der Waals surface area contributed by atoms with Gasteiger partial charge in [0.1, 0.15) is 0 Å². The molecule has 0 aliphatic heterocycles. The van der Waals surface area contributed by atoms with Gasteiger partial charge in [0.05, 0.1) is 10.1 Å². The Labute approximate surface area is 91.5 Å². The molecule has 0 aromatic carbocycles. The van der Waals surface area contributed by atoms with Crippen molar-refractivity contribution in [3.8, 4) is 0 Å². The van der Waals surface area contributed by atoms with E-state index in [9.17, 15) is 13.0 Å². The molecule has 0 spiro atoms. The van der Waals surface area contributed by atoms with Gasteiger partial charge < -0.3 is 4.55 Å². The van der Waals surface area contributed by atoms with E-state index in [2.05, 4.69) is 6.92 Å². The van der Waals surface area contributed by atoms with Crippen LogP contribution < -0.4 is 0 Å². The topological polar surface area (TPSA) is 57.2 Å². The maximum atomic E-state index is 10.4. The van der Waals surface area contributed by atoms with Crippen LogP contribution in [-0.2, 0) is 27.2 Å². The van der Waals surface area contributed by atoms with E-state index in [1.165, 1.54) is 0 Å². The van der Waals surface area contributed by atoms with Crippen molar-refractivity contribution >= 4 is 10.1 Å². The minimum Gasteiger partial charge on any atom is -0.748 e. The molecule has 0 saturated heterocycles. The minimum atomic E-state index is -4.02. The minimum absolute atomic E-state index is 0. The van der Waals surface area contributed by atoms with Gasteiger partial charge in [0.25, 0.3) is 0 Å². The van der Waals surface area contributed by atoms with E-state index >= 15 is 0 Å². The third kappa shape index (κ3) is 10.3. The van der Waals surface area contributed by atoms with E-state index in [0.717, 1.165) is 25.7 Å². The Balaban J connectivity index is 0. The molecule has 5 heteroatoms. The maximum absolute atomic E-state index is 10.4. The quantitative estimate of drug-likeness (QED) is 0.537. The molecule has 1 unspecified atom stereocenters. The molecule has 0 amide bonds. The molecule has 0 fully saturated rings. The third-order valence-electron chi connectivity index (χ3n) is 1.98. The van der Waals surface area contributed by atoms with Crippen molar-refractivity contribution in [2.75, 3.05) is 5.75 Å². The van der Waals surface area contributed by atoms with Crippen LogP contribution in [0.5, 0.6) is 0 Å². The predicted molar refractivity (Wildman–Crippen MR) is 47.9 cm³/mol. The van der Waals surface area contributed by atoms with Gasteiger partial charge in [0.2, 0.25) is 0 Å². The standard InChI is InChI=1S/C8H18O3S.Cu/c1-3-5-6-8(4-2)7-12(9,10)11;/h8H,3-7H2,1-2H3,(H,9,10,11);/q;+1/p-1. The molecular formula is C8H17CuO3S. The largest absolute Gasteiger partial charge is 1.00 e. The molecule has 0 aliphatic rings. The molecule has 0 rings (SSSR count). The number of rotatable bonds is 6. The third-order valence-corrected chi connectivity index (χ3v) is 2.86. The summed E-state index contributed by atoms with van der Waals surface area (Å²) in [7, 11) is -4.02. The number of unbranched alkanes of at least 4 members (excludes halogenated alkanes) is 1. The summed E-state index contributed by atoms with van der Waals surface area (Å²) < 4.78 is 31.2. The predicted octanol–water partition coefficient (Wildman–Crippen LogP) is 1.75. The van der Waals surface area contributed by atoms with Crippen molar-refractivity contribution in [1.29, 1.82) is 0 Å². The zero-order chi connectivity index (χ0) is 9.61.